The second-order valence-corrected chi connectivity index (χ2v) is 3.50. The first-order valence-corrected chi connectivity index (χ1v) is 4.91. The summed E-state index contributed by atoms with van der Waals surface area (Å²) >= 11 is 0. The number of carbonyl (C=O) groups is 1. The van der Waals surface area contributed by atoms with E-state index in [1.807, 2.05) is 0 Å². The van der Waals surface area contributed by atoms with Crippen LogP contribution in [0, 0.1) is 17.1 Å². The third kappa shape index (κ3) is 2.32. The molecule has 7 heteroatoms. The Morgan fingerprint density at radius 2 is 2.33 bits per heavy atom. The van der Waals surface area contributed by atoms with Gasteiger partial charge in [0.05, 0.1) is 12.1 Å². The van der Waals surface area contributed by atoms with Gasteiger partial charge < -0.3 is 5.11 Å². The molecule has 0 aliphatic rings. The van der Waals surface area contributed by atoms with Crippen LogP contribution in [0.4, 0.5) is 4.39 Å². The summed E-state index contributed by atoms with van der Waals surface area (Å²) in [6.45, 7) is 0.214. The summed E-state index contributed by atoms with van der Waals surface area (Å²) in [7, 11) is 0. The van der Waals surface area contributed by atoms with Crippen LogP contribution >= 0.6 is 0 Å². The lowest BCUT2D eigenvalue weighted by Crippen LogP contribution is -2.04. The molecule has 18 heavy (non-hydrogen) atoms. The maximum Gasteiger partial charge on any atom is 0.338 e. The Hall–Kier alpha value is -2.75. The molecule has 0 saturated heterocycles. The van der Waals surface area contributed by atoms with Crippen LogP contribution in [-0.2, 0) is 6.54 Å². The minimum Gasteiger partial charge on any atom is -0.478 e. The molecule has 1 N–H and O–H groups in total. The van der Waals surface area contributed by atoms with Gasteiger partial charge in [-0.2, -0.15) is 5.26 Å². The first kappa shape index (κ1) is 11.7. The lowest BCUT2D eigenvalue weighted by atomic mass is 10.1. The third-order valence-electron chi connectivity index (χ3n) is 2.24. The van der Waals surface area contributed by atoms with Gasteiger partial charge in [-0.15, -0.1) is 5.10 Å². The Kier molecular flexibility index (Phi) is 3.02. The predicted octanol–water partition coefficient (Wildman–Crippen LogP) is 1.04. The van der Waals surface area contributed by atoms with Gasteiger partial charge in [-0.05, 0) is 17.7 Å². The monoisotopic (exact) mass is 246 g/mol. The summed E-state index contributed by atoms with van der Waals surface area (Å²) in [5, 5.41) is 21.0. The number of halogens is 1. The highest BCUT2D eigenvalue weighted by molar-refractivity contribution is 5.87. The van der Waals surface area contributed by atoms with Crippen molar-refractivity contribution in [3.63, 3.8) is 0 Å². The van der Waals surface area contributed by atoms with Crippen molar-refractivity contribution >= 4 is 5.97 Å². The van der Waals surface area contributed by atoms with E-state index >= 15 is 0 Å². The fourth-order valence-corrected chi connectivity index (χ4v) is 1.44. The number of carboxylic acids is 1. The van der Waals surface area contributed by atoms with Crippen molar-refractivity contribution in [2.24, 2.45) is 0 Å². The Labute approximate surface area is 101 Å². The van der Waals surface area contributed by atoms with Gasteiger partial charge in [-0.3, -0.25) is 0 Å². The van der Waals surface area contributed by atoms with Crippen molar-refractivity contribution in [3.05, 3.63) is 47.3 Å². The van der Waals surface area contributed by atoms with Gasteiger partial charge in [0.25, 0.3) is 5.82 Å². The van der Waals surface area contributed by atoms with E-state index in [2.05, 4.69) is 10.1 Å². The van der Waals surface area contributed by atoms with Gasteiger partial charge in [0.2, 0.25) is 0 Å². The molecule has 0 atom stereocenters. The number of carboxylic acid groups (broad SMARTS) is 1. The number of aromatic carboxylic acids is 1. The SMILES string of the molecule is N#Cc1ncn(Cc2ccc(C(=O)O)c(F)c2)n1. The second-order valence-electron chi connectivity index (χ2n) is 3.50. The Balaban J connectivity index is 2.23. The topological polar surface area (TPSA) is 91.8 Å². The minimum absolute atomic E-state index is 0.0256. The molecule has 0 fully saturated rings. The first-order chi connectivity index (χ1) is 8.60. The summed E-state index contributed by atoms with van der Waals surface area (Å²) in [6, 6.07) is 5.57. The fourth-order valence-electron chi connectivity index (χ4n) is 1.44. The van der Waals surface area contributed by atoms with Crippen LogP contribution in [-0.4, -0.2) is 25.8 Å². The summed E-state index contributed by atoms with van der Waals surface area (Å²) in [5.74, 6) is -2.09. The van der Waals surface area contributed by atoms with Crippen LogP contribution in [0.2, 0.25) is 0 Å². The zero-order valence-corrected chi connectivity index (χ0v) is 9.04. The van der Waals surface area contributed by atoms with Gasteiger partial charge in [-0.25, -0.2) is 18.9 Å². The number of nitrogens with zero attached hydrogens (tertiary/aromatic N) is 4. The van der Waals surface area contributed by atoms with E-state index in [4.69, 9.17) is 10.4 Å². The zero-order chi connectivity index (χ0) is 13.1. The van der Waals surface area contributed by atoms with Gasteiger partial charge in [0.15, 0.2) is 0 Å². The smallest absolute Gasteiger partial charge is 0.338 e. The highest BCUT2D eigenvalue weighted by Gasteiger charge is 2.10. The number of benzene rings is 1. The summed E-state index contributed by atoms with van der Waals surface area (Å²) in [5.41, 5.74) is 0.155. The van der Waals surface area contributed by atoms with E-state index in [9.17, 15) is 9.18 Å². The van der Waals surface area contributed by atoms with Gasteiger partial charge >= 0.3 is 5.97 Å². The van der Waals surface area contributed by atoms with Gasteiger partial charge in [0, 0.05) is 0 Å². The van der Waals surface area contributed by atoms with Crippen molar-refractivity contribution in [1.29, 1.82) is 5.26 Å². The summed E-state index contributed by atoms with van der Waals surface area (Å²) in [6.07, 6.45) is 1.35. The molecule has 0 aliphatic heterocycles. The van der Waals surface area contributed by atoms with Crippen LogP contribution in [0.3, 0.4) is 0 Å². The highest BCUT2D eigenvalue weighted by atomic mass is 19.1. The molecule has 1 heterocycles. The number of hydrogen-bond acceptors (Lipinski definition) is 4. The minimum atomic E-state index is -1.31. The molecule has 6 nitrogen and oxygen atoms in total. The molecule has 1 aromatic carbocycles. The molecule has 0 aliphatic carbocycles. The molecule has 0 unspecified atom stereocenters. The lowest BCUT2D eigenvalue weighted by Gasteiger charge is -2.03. The number of hydrogen-bond donors (Lipinski definition) is 1. The number of aromatic nitrogens is 3. The van der Waals surface area contributed by atoms with Crippen molar-refractivity contribution in [3.8, 4) is 6.07 Å². The maximum atomic E-state index is 13.4. The van der Waals surface area contributed by atoms with Crippen molar-refractivity contribution in [1.82, 2.24) is 14.8 Å². The number of rotatable bonds is 3. The van der Waals surface area contributed by atoms with E-state index in [0.717, 1.165) is 6.07 Å². The van der Waals surface area contributed by atoms with E-state index in [0.29, 0.717) is 5.56 Å². The average Bonchev–Trinajstić information content (AvgIpc) is 2.76. The Morgan fingerprint density at radius 1 is 1.56 bits per heavy atom. The molecule has 0 bridgehead atoms. The normalized spacial score (nSPS) is 10.0. The predicted molar refractivity (Wildman–Crippen MR) is 57.2 cm³/mol. The molecule has 90 valence electrons. The molecular weight excluding hydrogens is 239 g/mol. The zero-order valence-electron chi connectivity index (χ0n) is 9.04. The number of nitriles is 1. The molecule has 2 aromatic rings. The van der Waals surface area contributed by atoms with Crippen molar-refractivity contribution in [2.75, 3.05) is 0 Å². The van der Waals surface area contributed by atoms with Crippen LogP contribution in [0.15, 0.2) is 24.5 Å². The van der Waals surface area contributed by atoms with E-state index in [1.165, 1.54) is 23.1 Å². The third-order valence-corrected chi connectivity index (χ3v) is 2.24. The summed E-state index contributed by atoms with van der Waals surface area (Å²) < 4.78 is 14.8. The van der Waals surface area contributed by atoms with Crippen molar-refractivity contribution in [2.45, 2.75) is 6.54 Å². The van der Waals surface area contributed by atoms with Crippen LogP contribution < -0.4 is 0 Å². The molecular formula is C11H7FN4O2. The molecule has 0 radical (unpaired) electrons. The molecule has 0 amide bonds. The van der Waals surface area contributed by atoms with E-state index < -0.39 is 11.8 Å². The lowest BCUT2D eigenvalue weighted by molar-refractivity contribution is 0.0692. The standard InChI is InChI=1S/C11H7FN4O2/c12-9-3-7(1-2-8(9)11(17)18)5-16-6-14-10(4-13)15-16/h1-3,6H,5H2,(H,17,18). The van der Waals surface area contributed by atoms with Crippen LogP contribution in [0.25, 0.3) is 0 Å². The highest BCUT2D eigenvalue weighted by Crippen LogP contribution is 2.11. The van der Waals surface area contributed by atoms with Crippen LogP contribution in [0.1, 0.15) is 21.7 Å². The average molecular weight is 246 g/mol. The first-order valence-electron chi connectivity index (χ1n) is 4.91. The second kappa shape index (κ2) is 4.63. The fraction of sp³-hybridized carbons (Fsp3) is 0.0909. The Bertz CT molecular complexity index is 645. The molecule has 1 aromatic heterocycles. The van der Waals surface area contributed by atoms with Gasteiger partial charge in [0.1, 0.15) is 18.2 Å². The van der Waals surface area contributed by atoms with Crippen LogP contribution in [0.5, 0.6) is 0 Å². The van der Waals surface area contributed by atoms with Gasteiger partial charge in [-0.1, -0.05) is 6.07 Å². The summed E-state index contributed by atoms with van der Waals surface area (Å²) in [4.78, 5) is 14.3. The maximum absolute atomic E-state index is 13.4. The Morgan fingerprint density at radius 3 is 2.89 bits per heavy atom. The van der Waals surface area contributed by atoms with Crippen molar-refractivity contribution < 1.29 is 14.3 Å². The largest absolute Gasteiger partial charge is 0.478 e. The molecule has 0 spiro atoms. The van der Waals surface area contributed by atoms with E-state index in [1.54, 1.807) is 6.07 Å². The molecule has 2 rings (SSSR count). The quantitative estimate of drug-likeness (QED) is 0.873. The van der Waals surface area contributed by atoms with E-state index in [-0.39, 0.29) is 17.9 Å². The molecule has 0 saturated carbocycles.